The van der Waals surface area contributed by atoms with E-state index in [9.17, 15) is 14.4 Å². The largest absolute Gasteiger partial charge is 0.451 e. The number of hydrogen-bond donors (Lipinski definition) is 1. The molecule has 132 valence electrons. The molecular formula is C18H21N3O4. The Balaban J connectivity index is 1.70. The van der Waals surface area contributed by atoms with Crippen LogP contribution in [0.25, 0.3) is 0 Å². The normalized spacial score (nSPS) is 17.1. The Morgan fingerprint density at radius 1 is 1.28 bits per heavy atom. The van der Waals surface area contributed by atoms with Crippen LogP contribution in [0.5, 0.6) is 0 Å². The van der Waals surface area contributed by atoms with Gasteiger partial charge in [0.1, 0.15) is 5.71 Å². The third-order valence-electron chi connectivity index (χ3n) is 4.14. The van der Waals surface area contributed by atoms with E-state index in [0.717, 1.165) is 24.0 Å². The second kappa shape index (κ2) is 7.04. The van der Waals surface area contributed by atoms with Crippen LogP contribution in [-0.4, -0.2) is 36.1 Å². The van der Waals surface area contributed by atoms with Gasteiger partial charge >= 0.3 is 5.97 Å². The van der Waals surface area contributed by atoms with Crippen molar-refractivity contribution in [3.05, 3.63) is 29.3 Å². The van der Waals surface area contributed by atoms with E-state index in [1.54, 1.807) is 0 Å². The van der Waals surface area contributed by atoms with Crippen molar-refractivity contribution in [3.8, 4) is 0 Å². The number of nitrogens with one attached hydrogen (secondary N) is 1. The topological polar surface area (TPSA) is 88.1 Å². The number of rotatable bonds is 5. The minimum atomic E-state index is -0.659. The molecule has 7 heteroatoms. The number of carbonyl (C=O) groups excluding carboxylic acids is 3. The maximum atomic E-state index is 12.2. The van der Waals surface area contributed by atoms with Gasteiger partial charge in [-0.05, 0) is 43.9 Å². The number of anilines is 1. The van der Waals surface area contributed by atoms with E-state index in [-0.39, 0.29) is 43.0 Å². The van der Waals surface area contributed by atoms with Crippen LogP contribution in [0.4, 0.5) is 5.69 Å². The zero-order chi connectivity index (χ0) is 18.0. The number of hydrazone groups is 1. The minimum absolute atomic E-state index is 0.153. The van der Waals surface area contributed by atoms with Crippen LogP contribution in [-0.2, 0) is 19.1 Å². The number of aryl methyl sites for hydroxylation is 2. The monoisotopic (exact) mass is 343 g/mol. The quantitative estimate of drug-likeness (QED) is 0.823. The summed E-state index contributed by atoms with van der Waals surface area (Å²) in [7, 11) is 0. The Morgan fingerprint density at radius 2 is 2.04 bits per heavy atom. The molecule has 1 aromatic carbocycles. The van der Waals surface area contributed by atoms with Crippen molar-refractivity contribution in [1.82, 2.24) is 5.32 Å². The molecule has 1 aromatic rings. The first-order valence-electron chi connectivity index (χ1n) is 8.38. The van der Waals surface area contributed by atoms with Gasteiger partial charge in [0.15, 0.2) is 6.61 Å². The molecule has 1 aliphatic carbocycles. The summed E-state index contributed by atoms with van der Waals surface area (Å²) in [4.78, 5) is 36.0. The molecule has 1 saturated carbocycles. The van der Waals surface area contributed by atoms with Gasteiger partial charge < -0.3 is 10.1 Å². The van der Waals surface area contributed by atoms with Gasteiger partial charge in [0.2, 0.25) is 5.91 Å². The van der Waals surface area contributed by atoms with Crippen molar-refractivity contribution >= 4 is 29.2 Å². The van der Waals surface area contributed by atoms with Crippen LogP contribution in [0.2, 0.25) is 0 Å². The van der Waals surface area contributed by atoms with Crippen LogP contribution in [0.3, 0.4) is 0 Å². The molecule has 1 heterocycles. The Bertz CT molecular complexity index is 753. The predicted molar refractivity (Wildman–Crippen MR) is 92.2 cm³/mol. The van der Waals surface area contributed by atoms with Gasteiger partial charge in [-0.15, -0.1) is 0 Å². The van der Waals surface area contributed by atoms with Crippen molar-refractivity contribution in [1.29, 1.82) is 0 Å². The molecule has 0 aromatic heterocycles. The summed E-state index contributed by atoms with van der Waals surface area (Å²) in [6, 6.07) is 5.93. The summed E-state index contributed by atoms with van der Waals surface area (Å²) in [6.07, 6.45) is 2.33. The Labute approximate surface area is 146 Å². The van der Waals surface area contributed by atoms with E-state index in [1.165, 1.54) is 5.01 Å². The lowest BCUT2D eigenvalue weighted by Gasteiger charge is -2.24. The Hall–Kier alpha value is -2.70. The fourth-order valence-electron chi connectivity index (χ4n) is 2.55. The number of nitrogens with zero attached hydrogens (tertiary/aromatic N) is 2. The first kappa shape index (κ1) is 17.1. The molecule has 1 aliphatic heterocycles. The molecule has 3 rings (SSSR count). The van der Waals surface area contributed by atoms with Crippen LogP contribution in [0.1, 0.15) is 36.8 Å². The highest BCUT2D eigenvalue weighted by atomic mass is 16.5. The minimum Gasteiger partial charge on any atom is -0.451 e. The maximum Gasteiger partial charge on any atom is 0.355 e. The van der Waals surface area contributed by atoms with E-state index in [0.29, 0.717) is 5.69 Å². The summed E-state index contributed by atoms with van der Waals surface area (Å²) < 4.78 is 5.03. The Morgan fingerprint density at radius 3 is 2.76 bits per heavy atom. The maximum absolute atomic E-state index is 12.2. The van der Waals surface area contributed by atoms with E-state index in [4.69, 9.17) is 4.74 Å². The van der Waals surface area contributed by atoms with Crippen LogP contribution in [0, 0.1) is 13.8 Å². The fraction of sp³-hybridized carbons (Fsp3) is 0.444. The van der Waals surface area contributed by atoms with Gasteiger partial charge in [0, 0.05) is 18.9 Å². The highest BCUT2D eigenvalue weighted by Gasteiger charge is 2.28. The number of amides is 2. The van der Waals surface area contributed by atoms with Gasteiger partial charge in [0.05, 0.1) is 5.69 Å². The molecule has 1 N–H and O–H groups in total. The third kappa shape index (κ3) is 4.23. The van der Waals surface area contributed by atoms with Crippen molar-refractivity contribution < 1.29 is 19.1 Å². The number of benzene rings is 1. The smallest absolute Gasteiger partial charge is 0.355 e. The number of ether oxygens (including phenoxy) is 1. The Kier molecular flexibility index (Phi) is 4.83. The molecule has 0 radical (unpaired) electrons. The first-order chi connectivity index (χ1) is 11.9. The second-order valence-electron chi connectivity index (χ2n) is 6.46. The van der Waals surface area contributed by atoms with Crippen molar-refractivity contribution in [2.24, 2.45) is 5.10 Å². The molecular weight excluding hydrogens is 322 g/mol. The lowest BCUT2D eigenvalue weighted by molar-refractivity contribution is -0.142. The average Bonchev–Trinajstić information content (AvgIpc) is 3.39. The third-order valence-corrected chi connectivity index (χ3v) is 4.14. The van der Waals surface area contributed by atoms with Crippen LogP contribution in [0.15, 0.2) is 23.3 Å². The van der Waals surface area contributed by atoms with Crippen molar-refractivity contribution in [2.75, 3.05) is 11.6 Å². The van der Waals surface area contributed by atoms with Gasteiger partial charge in [-0.1, -0.05) is 12.1 Å². The lowest BCUT2D eigenvalue weighted by atomic mass is 10.1. The van der Waals surface area contributed by atoms with Crippen molar-refractivity contribution in [2.45, 2.75) is 45.6 Å². The van der Waals surface area contributed by atoms with Gasteiger partial charge in [-0.3, -0.25) is 9.59 Å². The molecule has 7 nitrogen and oxygen atoms in total. The molecule has 0 bridgehead atoms. The number of esters is 1. The second-order valence-corrected chi connectivity index (χ2v) is 6.46. The number of hydrogen-bond acceptors (Lipinski definition) is 5. The van der Waals surface area contributed by atoms with Gasteiger partial charge in [-0.25, -0.2) is 4.79 Å². The summed E-state index contributed by atoms with van der Waals surface area (Å²) in [6.45, 7) is 3.48. The summed E-state index contributed by atoms with van der Waals surface area (Å²) >= 11 is 0. The zero-order valence-electron chi connectivity index (χ0n) is 14.4. The summed E-state index contributed by atoms with van der Waals surface area (Å²) in [5, 5.41) is 8.18. The van der Waals surface area contributed by atoms with Crippen LogP contribution < -0.4 is 10.3 Å². The van der Waals surface area contributed by atoms with Gasteiger partial charge in [-0.2, -0.15) is 10.1 Å². The summed E-state index contributed by atoms with van der Waals surface area (Å²) in [5.41, 5.74) is 2.69. The molecule has 2 amide bonds. The first-order valence-corrected chi connectivity index (χ1v) is 8.38. The highest BCUT2D eigenvalue weighted by molar-refractivity contribution is 6.38. The molecule has 0 saturated heterocycles. The van der Waals surface area contributed by atoms with E-state index in [2.05, 4.69) is 10.4 Å². The average molecular weight is 343 g/mol. The molecule has 0 unspecified atom stereocenters. The molecule has 0 atom stereocenters. The number of carbonyl (C=O) groups is 3. The summed E-state index contributed by atoms with van der Waals surface area (Å²) in [5.74, 6) is -1.14. The highest BCUT2D eigenvalue weighted by Crippen LogP contribution is 2.25. The van der Waals surface area contributed by atoms with Gasteiger partial charge in [0.25, 0.3) is 5.91 Å². The standard InChI is InChI=1S/C18H21N3O4/c1-11-3-4-12(2)15(9-11)21-17(23)8-7-14(20-21)18(24)25-10-16(22)19-13-5-6-13/h3-4,9,13H,5-8,10H2,1-2H3,(H,19,22). The van der Waals surface area contributed by atoms with E-state index >= 15 is 0 Å². The molecule has 2 aliphatic rings. The van der Waals surface area contributed by atoms with Crippen LogP contribution >= 0.6 is 0 Å². The van der Waals surface area contributed by atoms with E-state index in [1.807, 2.05) is 32.0 Å². The predicted octanol–water partition coefficient (Wildman–Crippen LogP) is 1.61. The fourth-order valence-corrected chi connectivity index (χ4v) is 2.55. The molecule has 25 heavy (non-hydrogen) atoms. The molecule has 1 fully saturated rings. The SMILES string of the molecule is Cc1ccc(C)c(N2N=C(C(=O)OCC(=O)NC3CC3)CCC2=O)c1. The zero-order valence-corrected chi connectivity index (χ0v) is 14.4. The lowest BCUT2D eigenvalue weighted by Crippen LogP contribution is -2.37. The van der Waals surface area contributed by atoms with Crippen molar-refractivity contribution in [3.63, 3.8) is 0 Å². The van der Waals surface area contributed by atoms with E-state index < -0.39 is 5.97 Å². The molecule has 0 spiro atoms.